The highest BCUT2D eigenvalue weighted by Crippen LogP contribution is 2.35. The van der Waals surface area contributed by atoms with Gasteiger partial charge in [0.25, 0.3) is 0 Å². The number of rotatable bonds is 4. The summed E-state index contributed by atoms with van der Waals surface area (Å²) in [7, 11) is 0. The summed E-state index contributed by atoms with van der Waals surface area (Å²) in [4.78, 5) is 10.1. The molecular formula is C14H11F2NO4. The molecule has 2 aromatic rings. The molecule has 0 fully saturated rings. The van der Waals surface area contributed by atoms with Crippen molar-refractivity contribution in [1.29, 1.82) is 0 Å². The van der Waals surface area contributed by atoms with Crippen LogP contribution >= 0.6 is 0 Å². The highest BCUT2D eigenvalue weighted by molar-refractivity contribution is 5.50. The van der Waals surface area contributed by atoms with E-state index in [0.29, 0.717) is 0 Å². The summed E-state index contributed by atoms with van der Waals surface area (Å²) in [5, 5.41) is 20.5. The average Bonchev–Trinajstić information content (AvgIpc) is 2.42. The smallest absolute Gasteiger partial charge is 0.314 e. The third kappa shape index (κ3) is 3.32. The highest BCUT2D eigenvalue weighted by Gasteiger charge is 2.19. The molecule has 7 heteroatoms. The van der Waals surface area contributed by atoms with Crippen LogP contribution in [0.25, 0.3) is 0 Å². The Hall–Kier alpha value is -2.54. The first-order valence-electron chi connectivity index (χ1n) is 5.98. The summed E-state index contributed by atoms with van der Waals surface area (Å²) in [6.45, 7) is 1.40. The Morgan fingerprint density at radius 1 is 1.14 bits per heavy atom. The fraction of sp³-hybridized carbons (Fsp3) is 0.143. The Balaban J connectivity index is 2.46. The zero-order valence-corrected chi connectivity index (χ0v) is 10.9. The molecule has 0 aliphatic rings. The van der Waals surface area contributed by atoms with Gasteiger partial charge in [-0.3, -0.25) is 10.1 Å². The summed E-state index contributed by atoms with van der Waals surface area (Å²) in [5.74, 6) is -1.49. The second-order valence-corrected chi connectivity index (χ2v) is 4.33. The monoisotopic (exact) mass is 295 g/mol. The van der Waals surface area contributed by atoms with E-state index in [0.717, 1.165) is 30.3 Å². The number of nitro groups is 1. The van der Waals surface area contributed by atoms with Crippen LogP contribution in [0, 0.1) is 21.7 Å². The first-order valence-corrected chi connectivity index (χ1v) is 5.98. The van der Waals surface area contributed by atoms with Crippen LogP contribution in [-0.4, -0.2) is 10.0 Å². The van der Waals surface area contributed by atoms with Crippen molar-refractivity contribution in [1.82, 2.24) is 0 Å². The van der Waals surface area contributed by atoms with Crippen LogP contribution in [0.3, 0.4) is 0 Å². The second-order valence-electron chi connectivity index (χ2n) is 4.33. The van der Waals surface area contributed by atoms with Crippen molar-refractivity contribution in [2.75, 3.05) is 0 Å². The van der Waals surface area contributed by atoms with Crippen molar-refractivity contribution >= 4 is 5.69 Å². The lowest BCUT2D eigenvalue weighted by atomic mass is 10.1. The van der Waals surface area contributed by atoms with E-state index in [-0.39, 0.29) is 17.1 Å². The van der Waals surface area contributed by atoms with E-state index in [1.54, 1.807) is 0 Å². The van der Waals surface area contributed by atoms with Gasteiger partial charge in [-0.15, -0.1) is 0 Å². The van der Waals surface area contributed by atoms with Gasteiger partial charge < -0.3 is 9.84 Å². The number of nitro benzene ring substituents is 1. The third-order valence-corrected chi connectivity index (χ3v) is 2.76. The molecule has 0 spiro atoms. The first kappa shape index (κ1) is 14.9. The molecule has 0 aromatic heterocycles. The van der Waals surface area contributed by atoms with Gasteiger partial charge in [-0.05, 0) is 37.3 Å². The Bertz CT molecular complexity index is 689. The van der Waals surface area contributed by atoms with Crippen molar-refractivity contribution in [2.45, 2.75) is 13.0 Å². The largest absolute Gasteiger partial charge is 0.450 e. The Kier molecular flexibility index (Phi) is 4.13. The topological polar surface area (TPSA) is 72.6 Å². The first-order chi connectivity index (χ1) is 9.88. The fourth-order valence-electron chi connectivity index (χ4n) is 1.78. The maximum Gasteiger partial charge on any atom is 0.314 e. The molecule has 0 unspecified atom stereocenters. The van der Waals surface area contributed by atoms with Crippen LogP contribution < -0.4 is 4.74 Å². The minimum atomic E-state index is -1.03. The van der Waals surface area contributed by atoms with E-state index in [4.69, 9.17) is 4.74 Å². The number of ether oxygens (including phenoxy) is 1. The number of nitrogens with zero attached hydrogens (tertiary/aromatic N) is 1. The zero-order valence-electron chi connectivity index (χ0n) is 10.9. The molecule has 0 saturated heterocycles. The molecule has 110 valence electrons. The maximum absolute atomic E-state index is 13.2. The molecule has 1 N–H and O–H groups in total. The van der Waals surface area contributed by atoms with Crippen LogP contribution in [0.4, 0.5) is 14.5 Å². The molecule has 0 radical (unpaired) electrons. The van der Waals surface area contributed by atoms with Crippen molar-refractivity contribution in [3.8, 4) is 11.5 Å². The number of benzene rings is 2. The lowest BCUT2D eigenvalue weighted by Gasteiger charge is -2.13. The Morgan fingerprint density at radius 3 is 2.29 bits per heavy atom. The molecular weight excluding hydrogens is 284 g/mol. The van der Waals surface area contributed by atoms with Gasteiger partial charge in [-0.25, -0.2) is 8.78 Å². The summed E-state index contributed by atoms with van der Waals surface area (Å²) < 4.78 is 31.6. The van der Waals surface area contributed by atoms with Gasteiger partial charge in [0.05, 0.1) is 17.1 Å². The van der Waals surface area contributed by atoms with E-state index in [1.807, 2.05) is 0 Å². The molecule has 2 rings (SSSR count). The predicted octanol–water partition coefficient (Wildman–Crippen LogP) is 3.72. The summed E-state index contributed by atoms with van der Waals surface area (Å²) in [6.07, 6.45) is -1.03. The minimum absolute atomic E-state index is 0.0566. The fourth-order valence-corrected chi connectivity index (χ4v) is 1.78. The normalized spacial score (nSPS) is 12.0. The van der Waals surface area contributed by atoms with E-state index >= 15 is 0 Å². The molecule has 0 saturated carbocycles. The molecule has 0 aliphatic carbocycles. The molecule has 0 amide bonds. The van der Waals surface area contributed by atoms with E-state index < -0.39 is 28.3 Å². The molecule has 5 nitrogen and oxygen atoms in total. The lowest BCUT2D eigenvalue weighted by Crippen LogP contribution is -1.99. The van der Waals surface area contributed by atoms with Gasteiger partial charge in [0.1, 0.15) is 17.4 Å². The van der Waals surface area contributed by atoms with E-state index in [1.165, 1.54) is 13.0 Å². The number of aliphatic hydroxyl groups excluding tert-OH is 1. The molecule has 21 heavy (non-hydrogen) atoms. The molecule has 0 bridgehead atoms. The SMILES string of the molecule is C[C@@H](O)c1cc(F)ccc1Oc1ccc(F)cc1[N+](=O)[O-]. The van der Waals surface area contributed by atoms with Crippen molar-refractivity contribution in [3.05, 3.63) is 63.7 Å². The Morgan fingerprint density at radius 2 is 1.71 bits per heavy atom. The van der Waals surface area contributed by atoms with Gasteiger partial charge in [0, 0.05) is 5.56 Å². The van der Waals surface area contributed by atoms with Crippen LogP contribution in [0.2, 0.25) is 0 Å². The molecule has 0 heterocycles. The number of halogens is 2. The van der Waals surface area contributed by atoms with Gasteiger partial charge in [0.15, 0.2) is 0 Å². The van der Waals surface area contributed by atoms with Crippen molar-refractivity contribution in [2.24, 2.45) is 0 Å². The quantitative estimate of drug-likeness (QED) is 0.689. The van der Waals surface area contributed by atoms with Gasteiger partial charge in [-0.2, -0.15) is 0 Å². The Labute approximate surface area is 118 Å². The van der Waals surface area contributed by atoms with Gasteiger partial charge in [0.2, 0.25) is 5.75 Å². The van der Waals surface area contributed by atoms with E-state index in [9.17, 15) is 24.0 Å². The lowest BCUT2D eigenvalue weighted by molar-refractivity contribution is -0.385. The highest BCUT2D eigenvalue weighted by atomic mass is 19.1. The molecule has 1 atom stereocenters. The van der Waals surface area contributed by atoms with Crippen LogP contribution in [0.1, 0.15) is 18.6 Å². The van der Waals surface area contributed by atoms with Crippen molar-refractivity contribution in [3.63, 3.8) is 0 Å². The maximum atomic E-state index is 13.2. The number of hydrogen-bond donors (Lipinski definition) is 1. The van der Waals surface area contributed by atoms with Crippen LogP contribution in [0.5, 0.6) is 11.5 Å². The predicted molar refractivity (Wildman–Crippen MR) is 70.2 cm³/mol. The minimum Gasteiger partial charge on any atom is -0.450 e. The summed E-state index contributed by atoms with van der Waals surface area (Å²) >= 11 is 0. The van der Waals surface area contributed by atoms with Crippen LogP contribution in [-0.2, 0) is 0 Å². The summed E-state index contributed by atoms with van der Waals surface area (Å²) in [5.41, 5.74) is -0.426. The standard InChI is InChI=1S/C14H11F2NO4/c1-8(18)11-6-9(15)2-4-13(11)21-14-5-3-10(16)7-12(14)17(19)20/h2-8,18H,1H3/t8-/m1/s1. The number of hydrogen-bond acceptors (Lipinski definition) is 4. The van der Waals surface area contributed by atoms with Gasteiger partial charge in [-0.1, -0.05) is 0 Å². The summed E-state index contributed by atoms with van der Waals surface area (Å²) in [6, 6.07) is 6.23. The second kappa shape index (κ2) is 5.84. The molecule has 0 aliphatic heterocycles. The van der Waals surface area contributed by atoms with Crippen molar-refractivity contribution < 1.29 is 23.5 Å². The zero-order chi connectivity index (χ0) is 15.6. The average molecular weight is 295 g/mol. The van der Waals surface area contributed by atoms with Gasteiger partial charge >= 0.3 is 5.69 Å². The van der Waals surface area contributed by atoms with E-state index in [2.05, 4.69) is 0 Å². The molecule has 2 aromatic carbocycles. The third-order valence-electron chi connectivity index (χ3n) is 2.76. The van der Waals surface area contributed by atoms with Crippen LogP contribution in [0.15, 0.2) is 36.4 Å². The number of aliphatic hydroxyl groups is 1.